The first-order valence-corrected chi connectivity index (χ1v) is 14.5. The number of β-amino-alcohol motifs (C(OH)–C–C–N with tert-alkyl or cyclic N) is 1. The van der Waals surface area contributed by atoms with Crippen LogP contribution >= 0.6 is 0 Å². The minimum Gasteiger partial charge on any atom is -0.508 e. The van der Waals surface area contributed by atoms with Crippen LogP contribution in [0.2, 0.25) is 0 Å². The van der Waals surface area contributed by atoms with E-state index in [0.717, 1.165) is 35.7 Å². The second kappa shape index (κ2) is 10.2. The highest BCUT2D eigenvalue weighted by Crippen LogP contribution is 2.42. The number of phenols is 1. The van der Waals surface area contributed by atoms with Gasteiger partial charge in [0.2, 0.25) is 0 Å². The molecule has 3 aliphatic heterocycles. The first-order valence-electron chi connectivity index (χ1n) is 14.5. The molecule has 0 saturated carbocycles. The summed E-state index contributed by atoms with van der Waals surface area (Å²) in [6.07, 6.45) is 0.550. The number of nitrogens with zero attached hydrogens (tertiary/aromatic N) is 5. The Labute approximate surface area is 240 Å². The molecule has 8 nitrogen and oxygen atoms in total. The molecular weight excluding hydrogens is 547 g/mol. The molecule has 0 bridgehead atoms. The van der Waals surface area contributed by atoms with Crippen LogP contribution in [0.3, 0.4) is 0 Å². The number of aliphatic hydroxyl groups is 1. The van der Waals surface area contributed by atoms with Crippen molar-refractivity contribution in [1.82, 2.24) is 19.9 Å². The first-order chi connectivity index (χ1) is 20.3. The van der Waals surface area contributed by atoms with Crippen molar-refractivity contribution in [2.75, 3.05) is 37.7 Å². The molecule has 2 aromatic heterocycles. The molecule has 42 heavy (non-hydrogen) atoms. The molecule has 11 heteroatoms. The lowest BCUT2D eigenvalue weighted by Gasteiger charge is -2.31. The van der Waals surface area contributed by atoms with E-state index in [2.05, 4.69) is 19.9 Å². The zero-order chi connectivity index (χ0) is 29.2. The predicted octanol–water partition coefficient (Wildman–Crippen LogP) is 4.73. The van der Waals surface area contributed by atoms with Crippen LogP contribution in [-0.2, 0) is 6.42 Å². The molecule has 0 unspecified atom stereocenters. The maximum atomic E-state index is 16.6. The van der Waals surface area contributed by atoms with Gasteiger partial charge in [-0.05, 0) is 54.3 Å². The first kappa shape index (κ1) is 27.2. The second-order valence-corrected chi connectivity index (χ2v) is 11.7. The number of halogens is 3. The smallest absolute Gasteiger partial charge is 0.319 e. The average Bonchev–Trinajstić information content (AvgIpc) is 3.62. The number of rotatable bonds is 6. The lowest BCUT2D eigenvalue weighted by Crippen LogP contribution is -2.43. The van der Waals surface area contributed by atoms with Crippen molar-refractivity contribution in [1.29, 1.82) is 0 Å². The number of pyridine rings is 1. The number of anilines is 1. The van der Waals surface area contributed by atoms with Crippen LogP contribution in [0.1, 0.15) is 31.7 Å². The summed E-state index contributed by atoms with van der Waals surface area (Å²) in [7, 11) is 0. The molecule has 0 amide bonds. The number of aryl methyl sites for hydroxylation is 1. The number of aromatic hydroxyl groups is 1. The van der Waals surface area contributed by atoms with Crippen LogP contribution in [0.5, 0.6) is 11.8 Å². The largest absolute Gasteiger partial charge is 0.508 e. The third-order valence-corrected chi connectivity index (χ3v) is 9.08. The van der Waals surface area contributed by atoms with Gasteiger partial charge >= 0.3 is 6.01 Å². The third-order valence-electron chi connectivity index (χ3n) is 9.08. The fraction of sp³-hybridized carbons (Fsp3) is 0.452. The number of ether oxygens (including phenoxy) is 1. The number of hydrogen-bond acceptors (Lipinski definition) is 8. The average molecular weight is 580 g/mol. The summed E-state index contributed by atoms with van der Waals surface area (Å²) in [5.74, 6) is -0.555. The van der Waals surface area contributed by atoms with Crippen molar-refractivity contribution in [2.24, 2.45) is 0 Å². The molecule has 2 aromatic carbocycles. The van der Waals surface area contributed by atoms with Crippen molar-refractivity contribution >= 4 is 27.5 Å². The van der Waals surface area contributed by atoms with E-state index in [1.165, 1.54) is 12.3 Å². The number of fused-ring (bicyclic) bond motifs is 3. The van der Waals surface area contributed by atoms with Crippen molar-refractivity contribution in [3.8, 4) is 23.0 Å². The second-order valence-electron chi connectivity index (χ2n) is 11.7. The summed E-state index contributed by atoms with van der Waals surface area (Å²) in [5.41, 5.74) is 0.856. The van der Waals surface area contributed by atoms with Crippen LogP contribution in [-0.4, -0.2) is 86.8 Å². The van der Waals surface area contributed by atoms with Crippen LogP contribution in [0.25, 0.3) is 32.9 Å². The topological polar surface area (TPSA) is 94.8 Å². The number of phenolic OH excluding ortho intramolecular Hbond substituents is 1. The number of aromatic nitrogens is 3. The molecule has 0 aliphatic carbocycles. The minimum absolute atomic E-state index is 0.00125. The molecule has 4 aromatic rings. The van der Waals surface area contributed by atoms with E-state index in [1.54, 1.807) is 11.0 Å². The van der Waals surface area contributed by atoms with Gasteiger partial charge < -0.3 is 19.8 Å². The third kappa shape index (κ3) is 4.41. The Hall–Kier alpha value is -3.70. The van der Waals surface area contributed by atoms with E-state index in [-0.39, 0.29) is 53.9 Å². The van der Waals surface area contributed by atoms with Gasteiger partial charge in [0.15, 0.2) is 5.82 Å². The molecule has 3 fully saturated rings. The van der Waals surface area contributed by atoms with E-state index in [4.69, 9.17) is 4.74 Å². The Morgan fingerprint density at radius 1 is 1.14 bits per heavy atom. The van der Waals surface area contributed by atoms with E-state index in [0.29, 0.717) is 24.9 Å². The normalized spacial score (nSPS) is 26.0. The van der Waals surface area contributed by atoms with E-state index < -0.39 is 29.8 Å². The standard InChI is InChI=1S/C31H32F3N5O3/c1-2-17-5-3-6-18-9-20(40)10-21(25(17)18)27-26(34)28-22(12-35-27)29(38-14-23(33)24(41)15-38)37-30(36-28)42-16-31-7-4-8-39(31)13-19(32)11-31/h3,5-6,9-10,12,19,23-24,40-41H,2,4,7-8,11,13-16H2,1H3/t19-,23-,24-,31+/m1/s1. The maximum Gasteiger partial charge on any atom is 0.319 e. The van der Waals surface area contributed by atoms with Crippen LogP contribution in [0.4, 0.5) is 19.0 Å². The molecule has 4 atom stereocenters. The van der Waals surface area contributed by atoms with Crippen molar-refractivity contribution in [3.05, 3.63) is 47.9 Å². The number of alkyl halides is 2. The number of benzene rings is 2. The van der Waals surface area contributed by atoms with E-state index in [1.807, 2.05) is 25.1 Å². The van der Waals surface area contributed by atoms with Gasteiger partial charge in [-0.3, -0.25) is 9.88 Å². The highest BCUT2D eigenvalue weighted by molar-refractivity contribution is 6.01. The summed E-state index contributed by atoms with van der Waals surface area (Å²) in [6, 6.07) is 8.71. The summed E-state index contributed by atoms with van der Waals surface area (Å²) >= 11 is 0. The van der Waals surface area contributed by atoms with Gasteiger partial charge in [-0.25, -0.2) is 13.2 Å². The quantitative estimate of drug-likeness (QED) is 0.339. The Morgan fingerprint density at radius 2 is 2.00 bits per heavy atom. The molecule has 7 rings (SSSR count). The van der Waals surface area contributed by atoms with Crippen LogP contribution in [0.15, 0.2) is 36.5 Å². The summed E-state index contributed by atoms with van der Waals surface area (Å²) in [6.45, 7) is 3.13. The molecule has 5 heterocycles. The molecule has 0 spiro atoms. The minimum atomic E-state index is -1.49. The zero-order valence-corrected chi connectivity index (χ0v) is 23.2. The van der Waals surface area contributed by atoms with Crippen molar-refractivity contribution in [3.63, 3.8) is 0 Å². The molecule has 3 aliphatic rings. The monoisotopic (exact) mass is 579 g/mol. The molecule has 3 saturated heterocycles. The number of aliphatic hydroxyl groups excluding tert-OH is 1. The lowest BCUT2D eigenvalue weighted by atomic mass is 9.95. The Balaban J connectivity index is 1.37. The highest BCUT2D eigenvalue weighted by atomic mass is 19.1. The fourth-order valence-electron chi connectivity index (χ4n) is 7.05. The molecule has 220 valence electrons. The zero-order valence-electron chi connectivity index (χ0n) is 23.2. The van der Waals surface area contributed by atoms with Crippen LogP contribution < -0.4 is 9.64 Å². The van der Waals surface area contributed by atoms with Gasteiger partial charge in [-0.1, -0.05) is 25.1 Å². The Kier molecular flexibility index (Phi) is 6.62. The number of hydrogen-bond donors (Lipinski definition) is 2. The SMILES string of the molecule is CCc1cccc2cc(O)cc(-c3ncc4c(N5C[C@@H](O)[C@H](F)C5)nc(OC[C@@]56CCCN5C[C@H](F)C6)nc4c3F)c12. The van der Waals surface area contributed by atoms with E-state index in [9.17, 15) is 19.0 Å². The Bertz CT molecular complexity index is 1680. The highest BCUT2D eigenvalue weighted by Gasteiger charge is 2.49. The predicted molar refractivity (Wildman–Crippen MR) is 153 cm³/mol. The maximum absolute atomic E-state index is 16.6. The molecular formula is C31H32F3N5O3. The molecule has 0 radical (unpaired) electrons. The summed E-state index contributed by atoms with van der Waals surface area (Å²) < 4.78 is 51.4. The van der Waals surface area contributed by atoms with Crippen molar-refractivity contribution in [2.45, 2.75) is 56.6 Å². The fourth-order valence-corrected chi connectivity index (χ4v) is 7.05. The van der Waals surface area contributed by atoms with Gasteiger partial charge in [0.25, 0.3) is 0 Å². The van der Waals surface area contributed by atoms with Gasteiger partial charge in [-0.2, -0.15) is 9.97 Å². The summed E-state index contributed by atoms with van der Waals surface area (Å²) in [4.78, 5) is 17.1. The summed E-state index contributed by atoms with van der Waals surface area (Å²) in [5, 5.41) is 22.4. The lowest BCUT2D eigenvalue weighted by molar-refractivity contribution is 0.107. The Morgan fingerprint density at radius 3 is 2.79 bits per heavy atom. The van der Waals surface area contributed by atoms with Gasteiger partial charge in [-0.15, -0.1) is 0 Å². The van der Waals surface area contributed by atoms with Crippen LogP contribution in [0, 0.1) is 5.82 Å². The van der Waals surface area contributed by atoms with Gasteiger partial charge in [0.1, 0.15) is 47.8 Å². The van der Waals surface area contributed by atoms with Crippen molar-refractivity contribution < 1.29 is 28.1 Å². The van der Waals surface area contributed by atoms with Gasteiger partial charge in [0, 0.05) is 31.3 Å². The van der Waals surface area contributed by atoms with E-state index >= 15 is 4.39 Å². The van der Waals surface area contributed by atoms with Gasteiger partial charge in [0.05, 0.1) is 17.5 Å². The molecule has 2 N–H and O–H groups in total.